The van der Waals surface area contributed by atoms with E-state index in [4.69, 9.17) is 4.42 Å². The summed E-state index contributed by atoms with van der Waals surface area (Å²) in [6.07, 6.45) is 3.24. The molecule has 0 saturated carbocycles. The van der Waals surface area contributed by atoms with Crippen molar-refractivity contribution in [3.63, 3.8) is 0 Å². The van der Waals surface area contributed by atoms with Crippen molar-refractivity contribution in [2.75, 3.05) is 26.2 Å². The largest absolute Gasteiger partial charge is 0.480 e. The highest BCUT2D eigenvalue weighted by atomic mass is 16.4. The molecule has 26 heavy (non-hydrogen) atoms. The number of aromatic amines is 1. The molecule has 7 nitrogen and oxygen atoms in total. The third kappa shape index (κ3) is 2.86. The molecule has 1 aliphatic heterocycles. The fourth-order valence-electron chi connectivity index (χ4n) is 3.55. The van der Waals surface area contributed by atoms with Crippen molar-refractivity contribution in [1.29, 1.82) is 0 Å². The zero-order valence-corrected chi connectivity index (χ0v) is 14.1. The molecule has 134 valence electrons. The van der Waals surface area contributed by atoms with Crippen molar-refractivity contribution in [3.8, 4) is 0 Å². The number of H-pyrrole nitrogens is 1. The van der Waals surface area contributed by atoms with Gasteiger partial charge in [-0.05, 0) is 18.2 Å². The van der Waals surface area contributed by atoms with Crippen LogP contribution in [0.1, 0.15) is 22.2 Å². The maximum atomic E-state index is 12.4. The second-order valence-electron chi connectivity index (χ2n) is 6.34. The number of rotatable bonds is 4. The molecule has 0 unspecified atom stereocenters. The lowest BCUT2D eigenvalue weighted by atomic mass is 10.0. The Morgan fingerprint density at radius 2 is 1.85 bits per heavy atom. The van der Waals surface area contributed by atoms with Gasteiger partial charge in [-0.3, -0.25) is 14.5 Å². The predicted molar refractivity (Wildman–Crippen MR) is 94.9 cm³/mol. The number of para-hydroxylation sites is 1. The van der Waals surface area contributed by atoms with Crippen molar-refractivity contribution in [2.24, 2.45) is 0 Å². The van der Waals surface area contributed by atoms with Gasteiger partial charge < -0.3 is 19.4 Å². The van der Waals surface area contributed by atoms with Crippen LogP contribution in [0.25, 0.3) is 10.9 Å². The Morgan fingerprint density at radius 3 is 2.54 bits per heavy atom. The molecule has 1 fully saturated rings. The Morgan fingerprint density at radius 1 is 1.08 bits per heavy atom. The van der Waals surface area contributed by atoms with Crippen LogP contribution < -0.4 is 0 Å². The summed E-state index contributed by atoms with van der Waals surface area (Å²) in [5.74, 6) is -0.737. The molecule has 7 heteroatoms. The molecule has 0 spiro atoms. The number of furan rings is 1. The van der Waals surface area contributed by atoms with Gasteiger partial charge in [0, 0.05) is 48.8 Å². The van der Waals surface area contributed by atoms with Crippen molar-refractivity contribution < 1.29 is 19.1 Å². The molecule has 1 aromatic carbocycles. The number of hydrogen-bond donors (Lipinski definition) is 2. The number of benzene rings is 1. The molecule has 0 bridgehead atoms. The minimum Gasteiger partial charge on any atom is -0.480 e. The minimum absolute atomic E-state index is 0.159. The van der Waals surface area contributed by atoms with Gasteiger partial charge in [0.15, 0.2) is 5.76 Å². The van der Waals surface area contributed by atoms with Gasteiger partial charge in [0.05, 0.1) is 6.26 Å². The Labute approximate surface area is 149 Å². The molecule has 1 atom stereocenters. The highest BCUT2D eigenvalue weighted by Gasteiger charge is 2.33. The standard InChI is InChI=1S/C19H19N3O4/c23-18(16-6-3-11-26-16)22-9-7-21(8-10-22)17(19(24)25)14-12-20-15-5-2-1-4-13(14)15/h1-6,11-12,17,20H,7-10H2,(H,24,25)/t17-/m0/s1. The van der Waals surface area contributed by atoms with Gasteiger partial charge in [0.2, 0.25) is 0 Å². The molecule has 1 aliphatic rings. The predicted octanol–water partition coefficient (Wildman–Crippen LogP) is 2.34. The summed E-state index contributed by atoms with van der Waals surface area (Å²) in [6.45, 7) is 1.91. The molecule has 2 aromatic heterocycles. The Hall–Kier alpha value is -3.06. The smallest absolute Gasteiger partial charge is 0.325 e. The van der Waals surface area contributed by atoms with Crippen molar-refractivity contribution in [3.05, 3.63) is 60.2 Å². The minimum atomic E-state index is -0.888. The average molecular weight is 353 g/mol. The van der Waals surface area contributed by atoms with Gasteiger partial charge >= 0.3 is 5.97 Å². The first-order valence-electron chi connectivity index (χ1n) is 8.51. The van der Waals surface area contributed by atoms with E-state index in [9.17, 15) is 14.7 Å². The number of aliphatic carboxylic acids is 1. The van der Waals surface area contributed by atoms with Crippen LogP contribution >= 0.6 is 0 Å². The van der Waals surface area contributed by atoms with Crippen LogP contribution in [-0.2, 0) is 4.79 Å². The van der Waals surface area contributed by atoms with Gasteiger partial charge in [-0.15, -0.1) is 0 Å². The quantitative estimate of drug-likeness (QED) is 0.751. The lowest BCUT2D eigenvalue weighted by molar-refractivity contribution is -0.144. The Balaban J connectivity index is 1.53. The van der Waals surface area contributed by atoms with E-state index in [0.717, 1.165) is 16.5 Å². The van der Waals surface area contributed by atoms with Crippen molar-refractivity contribution >= 4 is 22.8 Å². The Bertz CT molecular complexity index is 923. The number of aromatic nitrogens is 1. The van der Waals surface area contributed by atoms with Gasteiger partial charge in [0.1, 0.15) is 6.04 Å². The first kappa shape index (κ1) is 16.4. The Kier molecular flexibility index (Phi) is 4.22. The average Bonchev–Trinajstić information content (AvgIpc) is 3.32. The first-order valence-corrected chi connectivity index (χ1v) is 8.51. The number of hydrogen-bond acceptors (Lipinski definition) is 4. The highest BCUT2D eigenvalue weighted by Crippen LogP contribution is 2.29. The van der Waals surface area contributed by atoms with E-state index < -0.39 is 12.0 Å². The van der Waals surface area contributed by atoms with Crippen LogP contribution in [0.15, 0.2) is 53.3 Å². The number of carboxylic acid groups (broad SMARTS) is 1. The third-order valence-corrected chi connectivity index (χ3v) is 4.85. The molecular weight excluding hydrogens is 334 g/mol. The van der Waals surface area contributed by atoms with Crippen LogP contribution in [0.2, 0.25) is 0 Å². The number of piperazine rings is 1. The number of amides is 1. The molecule has 1 saturated heterocycles. The molecule has 3 heterocycles. The first-order chi connectivity index (χ1) is 12.6. The maximum Gasteiger partial charge on any atom is 0.325 e. The number of carbonyl (C=O) groups is 2. The van der Waals surface area contributed by atoms with Gasteiger partial charge in [0.25, 0.3) is 5.91 Å². The topological polar surface area (TPSA) is 89.8 Å². The number of nitrogens with zero attached hydrogens (tertiary/aromatic N) is 2. The van der Waals surface area contributed by atoms with Gasteiger partial charge in [-0.2, -0.15) is 0 Å². The summed E-state index contributed by atoms with van der Waals surface area (Å²) in [5, 5.41) is 10.7. The van der Waals surface area contributed by atoms with Crippen molar-refractivity contribution in [1.82, 2.24) is 14.8 Å². The molecule has 0 radical (unpaired) electrons. The molecule has 3 aromatic rings. The van der Waals surface area contributed by atoms with E-state index in [1.54, 1.807) is 23.2 Å². The summed E-state index contributed by atoms with van der Waals surface area (Å²) in [5.41, 5.74) is 1.67. The van der Waals surface area contributed by atoms with Crippen LogP contribution in [0.4, 0.5) is 0 Å². The lowest BCUT2D eigenvalue weighted by Gasteiger charge is -2.37. The number of fused-ring (bicyclic) bond motifs is 1. The summed E-state index contributed by atoms with van der Waals surface area (Å²) in [7, 11) is 0. The zero-order chi connectivity index (χ0) is 18.1. The second kappa shape index (κ2) is 6.68. The molecule has 1 amide bonds. The summed E-state index contributed by atoms with van der Waals surface area (Å²) in [6, 6.07) is 10.2. The lowest BCUT2D eigenvalue weighted by Crippen LogP contribution is -2.50. The van der Waals surface area contributed by atoms with Crippen LogP contribution in [0.5, 0.6) is 0 Å². The molecule has 4 rings (SSSR count). The summed E-state index contributed by atoms with van der Waals surface area (Å²) in [4.78, 5) is 31.1. The second-order valence-corrected chi connectivity index (χ2v) is 6.34. The van der Waals surface area contributed by atoms with Crippen molar-refractivity contribution in [2.45, 2.75) is 6.04 Å². The fourth-order valence-corrected chi connectivity index (χ4v) is 3.55. The number of carboxylic acids is 1. The summed E-state index contributed by atoms with van der Waals surface area (Å²) >= 11 is 0. The van der Waals surface area contributed by atoms with E-state index in [1.807, 2.05) is 29.2 Å². The van der Waals surface area contributed by atoms with E-state index in [2.05, 4.69) is 4.98 Å². The van der Waals surface area contributed by atoms with Gasteiger partial charge in [-0.1, -0.05) is 18.2 Å². The van der Waals surface area contributed by atoms with Crippen LogP contribution in [0, 0.1) is 0 Å². The van der Waals surface area contributed by atoms with Gasteiger partial charge in [-0.25, -0.2) is 0 Å². The van der Waals surface area contributed by atoms with Crippen LogP contribution in [0.3, 0.4) is 0 Å². The third-order valence-electron chi connectivity index (χ3n) is 4.85. The molecule has 0 aliphatic carbocycles. The number of carbonyl (C=O) groups excluding carboxylic acids is 1. The highest BCUT2D eigenvalue weighted by molar-refractivity contribution is 5.91. The fraction of sp³-hybridized carbons (Fsp3) is 0.263. The van der Waals surface area contributed by atoms with E-state index in [0.29, 0.717) is 31.9 Å². The van der Waals surface area contributed by atoms with E-state index >= 15 is 0 Å². The maximum absolute atomic E-state index is 12.4. The summed E-state index contributed by atoms with van der Waals surface area (Å²) < 4.78 is 5.17. The number of nitrogens with one attached hydrogen (secondary N) is 1. The molecule has 2 N–H and O–H groups in total. The monoisotopic (exact) mass is 353 g/mol. The van der Waals surface area contributed by atoms with E-state index in [1.165, 1.54) is 6.26 Å². The van der Waals surface area contributed by atoms with E-state index in [-0.39, 0.29) is 5.91 Å². The normalized spacial score (nSPS) is 16.7. The molecular formula is C19H19N3O4. The zero-order valence-electron chi connectivity index (χ0n) is 14.1. The van der Waals surface area contributed by atoms with Crippen LogP contribution in [-0.4, -0.2) is 57.9 Å². The SMILES string of the molecule is O=C(O)[C@H](c1c[nH]c2ccccc12)N1CCN(C(=O)c2ccco2)CC1.